The van der Waals surface area contributed by atoms with Crippen LogP contribution in [-0.4, -0.2) is 19.2 Å². The fraction of sp³-hybridized carbons (Fsp3) is 0.133. The van der Waals surface area contributed by atoms with Gasteiger partial charge >= 0.3 is 6.03 Å². The van der Waals surface area contributed by atoms with E-state index < -0.39 is 17.7 Å². The van der Waals surface area contributed by atoms with Gasteiger partial charge in [0.1, 0.15) is 12.4 Å². The van der Waals surface area contributed by atoms with Crippen molar-refractivity contribution >= 4 is 40.6 Å². The maximum absolute atomic E-state index is 13.0. The van der Waals surface area contributed by atoms with Crippen LogP contribution in [0.5, 0.6) is 5.75 Å². The average molecular weight is 376 g/mol. The Morgan fingerprint density at radius 3 is 2.42 bits per heavy atom. The van der Waals surface area contributed by atoms with Gasteiger partial charge in [-0.25, -0.2) is 13.6 Å². The van der Waals surface area contributed by atoms with Crippen LogP contribution in [0.4, 0.5) is 25.0 Å². The summed E-state index contributed by atoms with van der Waals surface area (Å²) in [4.78, 5) is 11.7. The van der Waals surface area contributed by atoms with Crippen LogP contribution >= 0.6 is 23.2 Å². The third-order valence-electron chi connectivity index (χ3n) is 2.88. The summed E-state index contributed by atoms with van der Waals surface area (Å²) in [6.45, 7) is 0.211. The van der Waals surface area contributed by atoms with Crippen LogP contribution < -0.4 is 21.1 Å². The number of carbonyl (C=O) groups is 1. The van der Waals surface area contributed by atoms with Gasteiger partial charge in [0.25, 0.3) is 0 Å². The van der Waals surface area contributed by atoms with E-state index in [1.807, 2.05) is 0 Å². The molecule has 0 fully saturated rings. The van der Waals surface area contributed by atoms with E-state index in [9.17, 15) is 13.6 Å². The minimum atomic E-state index is -1.00. The molecule has 0 aliphatic heterocycles. The third kappa shape index (κ3) is 4.87. The number of benzene rings is 2. The number of rotatable bonds is 5. The van der Waals surface area contributed by atoms with Crippen LogP contribution in [0.1, 0.15) is 0 Å². The monoisotopic (exact) mass is 375 g/mol. The first-order valence-corrected chi connectivity index (χ1v) is 7.49. The molecule has 128 valence electrons. The zero-order valence-corrected chi connectivity index (χ0v) is 13.7. The van der Waals surface area contributed by atoms with Crippen LogP contribution in [-0.2, 0) is 0 Å². The zero-order valence-electron chi connectivity index (χ0n) is 12.2. The molecule has 2 aromatic carbocycles. The van der Waals surface area contributed by atoms with Crippen LogP contribution in [0, 0.1) is 11.6 Å². The van der Waals surface area contributed by atoms with Crippen LogP contribution in [0.15, 0.2) is 30.3 Å². The molecule has 0 atom stereocenters. The van der Waals surface area contributed by atoms with E-state index in [1.165, 1.54) is 18.2 Å². The quantitative estimate of drug-likeness (QED) is 0.544. The second-order valence-electron chi connectivity index (χ2n) is 4.66. The highest BCUT2D eigenvalue weighted by Crippen LogP contribution is 2.30. The van der Waals surface area contributed by atoms with E-state index in [1.54, 1.807) is 0 Å². The molecule has 0 bridgehead atoms. The molecule has 0 aliphatic rings. The summed E-state index contributed by atoms with van der Waals surface area (Å²) in [5.74, 6) is -1.80. The van der Waals surface area contributed by atoms with E-state index in [0.29, 0.717) is 5.69 Å². The molecule has 9 heteroatoms. The lowest BCUT2D eigenvalue weighted by molar-refractivity contribution is 0.247. The number of ether oxygens (including phenoxy) is 1. The highest BCUT2D eigenvalue weighted by atomic mass is 35.5. The Balaban J connectivity index is 1.78. The zero-order chi connectivity index (χ0) is 17.7. The largest absolute Gasteiger partial charge is 0.492 e. The Labute approximate surface area is 146 Å². The molecule has 2 aromatic rings. The van der Waals surface area contributed by atoms with E-state index in [4.69, 9.17) is 33.7 Å². The van der Waals surface area contributed by atoms with Crippen molar-refractivity contribution < 1.29 is 18.3 Å². The molecule has 0 spiro atoms. The Bertz CT molecular complexity index is 736. The number of halogens is 4. The predicted octanol–water partition coefficient (Wildman–Crippen LogP) is 4.05. The van der Waals surface area contributed by atoms with Gasteiger partial charge in [0.15, 0.2) is 11.6 Å². The molecule has 0 saturated heterocycles. The summed E-state index contributed by atoms with van der Waals surface area (Å²) < 4.78 is 30.9. The highest BCUT2D eigenvalue weighted by Gasteiger charge is 2.08. The van der Waals surface area contributed by atoms with Crippen molar-refractivity contribution in [2.24, 2.45) is 0 Å². The van der Waals surface area contributed by atoms with Gasteiger partial charge in [-0.2, -0.15) is 0 Å². The summed E-state index contributed by atoms with van der Waals surface area (Å²) in [7, 11) is 0. The third-order valence-corrected chi connectivity index (χ3v) is 3.51. The normalized spacial score (nSPS) is 10.3. The minimum absolute atomic E-state index is 0.0712. The van der Waals surface area contributed by atoms with Gasteiger partial charge in [0, 0.05) is 11.8 Å². The molecule has 0 radical (unpaired) electrons. The first kappa shape index (κ1) is 18.1. The average Bonchev–Trinajstić information content (AvgIpc) is 2.52. The van der Waals surface area contributed by atoms with Crippen LogP contribution in [0.3, 0.4) is 0 Å². The van der Waals surface area contributed by atoms with Crippen molar-refractivity contribution in [2.45, 2.75) is 0 Å². The van der Waals surface area contributed by atoms with Gasteiger partial charge in [0.05, 0.1) is 22.3 Å². The summed E-state index contributed by atoms with van der Waals surface area (Å²) in [5.41, 5.74) is 6.20. The molecule has 0 unspecified atom stereocenters. The molecule has 2 rings (SSSR count). The van der Waals surface area contributed by atoms with E-state index in [2.05, 4.69) is 10.6 Å². The second-order valence-corrected chi connectivity index (χ2v) is 5.47. The summed E-state index contributed by atoms with van der Waals surface area (Å²) >= 11 is 11.7. The molecule has 5 nitrogen and oxygen atoms in total. The highest BCUT2D eigenvalue weighted by molar-refractivity contribution is 6.39. The van der Waals surface area contributed by atoms with Gasteiger partial charge < -0.3 is 21.1 Å². The molecule has 0 heterocycles. The Morgan fingerprint density at radius 2 is 1.79 bits per heavy atom. The van der Waals surface area contributed by atoms with Crippen molar-refractivity contribution in [3.05, 3.63) is 52.0 Å². The molecule has 24 heavy (non-hydrogen) atoms. The number of carbonyl (C=O) groups excluding carboxylic acids is 1. The first-order valence-electron chi connectivity index (χ1n) is 6.74. The Morgan fingerprint density at radius 1 is 1.12 bits per heavy atom. The van der Waals surface area contributed by atoms with Crippen LogP contribution in [0.25, 0.3) is 0 Å². The SMILES string of the molecule is Nc1c(Cl)cc(NC(=O)NCCOc2ccc(F)c(F)c2)cc1Cl. The van der Waals surface area contributed by atoms with Gasteiger partial charge in [-0.3, -0.25) is 0 Å². The second kappa shape index (κ2) is 8.03. The lowest BCUT2D eigenvalue weighted by Gasteiger charge is -2.10. The molecule has 0 aliphatic carbocycles. The van der Waals surface area contributed by atoms with E-state index >= 15 is 0 Å². The predicted molar refractivity (Wildman–Crippen MR) is 89.7 cm³/mol. The van der Waals surface area contributed by atoms with Gasteiger partial charge in [-0.1, -0.05) is 23.2 Å². The number of urea groups is 1. The molecule has 4 N–H and O–H groups in total. The van der Waals surface area contributed by atoms with Crippen molar-refractivity contribution in [3.63, 3.8) is 0 Å². The lowest BCUT2D eigenvalue weighted by Crippen LogP contribution is -2.32. The maximum atomic E-state index is 13.0. The van der Waals surface area contributed by atoms with Crippen LogP contribution in [0.2, 0.25) is 10.0 Å². The molecular weight excluding hydrogens is 363 g/mol. The van der Waals surface area contributed by atoms with Gasteiger partial charge in [-0.15, -0.1) is 0 Å². The molecule has 0 aromatic heterocycles. The van der Waals surface area contributed by atoms with E-state index in [0.717, 1.165) is 12.1 Å². The molecule has 0 saturated carbocycles. The number of nitrogens with two attached hydrogens (primary N) is 1. The fourth-order valence-corrected chi connectivity index (χ4v) is 2.22. The number of anilines is 2. The van der Waals surface area contributed by atoms with Crippen molar-refractivity contribution in [1.29, 1.82) is 0 Å². The fourth-order valence-electron chi connectivity index (χ4n) is 1.73. The minimum Gasteiger partial charge on any atom is -0.492 e. The maximum Gasteiger partial charge on any atom is 0.319 e. The lowest BCUT2D eigenvalue weighted by atomic mass is 10.3. The van der Waals surface area contributed by atoms with Crippen molar-refractivity contribution in [2.75, 3.05) is 24.2 Å². The number of hydrogen-bond donors (Lipinski definition) is 3. The first-order chi connectivity index (χ1) is 11.4. The smallest absolute Gasteiger partial charge is 0.319 e. The topological polar surface area (TPSA) is 76.4 Å². The summed E-state index contributed by atoms with van der Waals surface area (Å²) in [5, 5.41) is 5.49. The number of hydrogen-bond acceptors (Lipinski definition) is 3. The van der Waals surface area contributed by atoms with Gasteiger partial charge in [0.2, 0.25) is 0 Å². The van der Waals surface area contributed by atoms with E-state index in [-0.39, 0.29) is 34.6 Å². The Kier molecular flexibility index (Phi) is 6.05. The van der Waals surface area contributed by atoms with Crippen molar-refractivity contribution in [3.8, 4) is 5.75 Å². The summed E-state index contributed by atoms with van der Waals surface area (Å²) in [6, 6.07) is 5.57. The summed E-state index contributed by atoms with van der Waals surface area (Å²) in [6.07, 6.45) is 0. The number of amides is 2. The number of nitrogen functional groups attached to an aromatic ring is 1. The standard InChI is InChI=1S/C15H13Cl2F2N3O2/c16-10-5-8(6-11(17)14(10)20)22-15(23)21-3-4-24-9-1-2-12(18)13(19)7-9/h1-2,5-7H,3-4,20H2,(H2,21,22,23). The molecular formula is C15H13Cl2F2N3O2. The Hall–Kier alpha value is -2.25. The van der Waals surface area contributed by atoms with Crippen molar-refractivity contribution in [1.82, 2.24) is 5.32 Å². The number of nitrogens with one attached hydrogen (secondary N) is 2. The van der Waals surface area contributed by atoms with Gasteiger partial charge in [-0.05, 0) is 24.3 Å². The molecule has 2 amide bonds.